The second-order valence-corrected chi connectivity index (χ2v) is 6.31. The first-order valence-corrected chi connectivity index (χ1v) is 7.56. The van der Waals surface area contributed by atoms with E-state index < -0.39 is 0 Å². The highest BCUT2D eigenvalue weighted by Gasteiger charge is 2.44. The number of hydrogen-bond acceptors (Lipinski definition) is 2. The van der Waals surface area contributed by atoms with Gasteiger partial charge in [0, 0.05) is 11.5 Å². The fraction of sp³-hybridized carbons (Fsp3) is 0.556. The van der Waals surface area contributed by atoms with Crippen LogP contribution in [0.25, 0.3) is 0 Å². The van der Waals surface area contributed by atoms with Crippen LogP contribution in [0.4, 0.5) is 0 Å². The Hall–Kier alpha value is -1.28. The average Bonchev–Trinajstić information content (AvgIpc) is 2.44. The molecule has 5 atom stereocenters. The maximum absolute atomic E-state index is 6.26. The van der Waals surface area contributed by atoms with Gasteiger partial charge >= 0.3 is 0 Å². The molecule has 1 saturated heterocycles. The lowest BCUT2D eigenvalue weighted by Crippen LogP contribution is -2.42. The lowest BCUT2D eigenvalue weighted by Gasteiger charge is -2.47. The van der Waals surface area contributed by atoms with Gasteiger partial charge < -0.3 is 9.47 Å². The van der Waals surface area contributed by atoms with E-state index in [2.05, 4.69) is 39.0 Å². The molecule has 20 heavy (non-hydrogen) atoms. The lowest BCUT2D eigenvalue weighted by atomic mass is 9.64. The van der Waals surface area contributed by atoms with Crippen molar-refractivity contribution in [2.45, 2.75) is 26.9 Å². The Balaban J connectivity index is 2.01. The molecule has 0 aromatic heterocycles. The molecule has 4 unspecified atom stereocenters. The van der Waals surface area contributed by atoms with Crippen molar-refractivity contribution in [1.29, 1.82) is 0 Å². The van der Waals surface area contributed by atoms with Gasteiger partial charge in [-0.15, -0.1) is 0 Å². The van der Waals surface area contributed by atoms with Crippen LogP contribution in [0, 0.1) is 23.7 Å². The van der Waals surface area contributed by atoms with E-state index in [1.807, 2.05) is 12.1 Å². The van der Waals surface area contributed by atoms with Gasteiger partial charge in [-0.25, -0.2) is 0 Å². The van der Waals surface area contributed by atoms with E-state index in [-0.39, 0.29) is 6.10 Å². The molecule has 1 aromatic rings. The van der Waals surface area contributed by atoms with E-state index in [9.17, 15) is 0 Å². The Morgan fingerprint density at radius 3 is 2.70 bits per heavy atom. The van der Waals surface area contributed by atoms with E-state index in [4.69, 9.17) is 9.47 Å². The predicted octanol–water partition coefficient (Wildman–Crippen LogP) is 4.23. The van der Waals surface area contributed by atoms with Gasteiger partial charge in [-0.3, -0.25) is 0 Å². The molecular weight excluding hydrogens is 248 g/mol. The molecule has 2 aliphatic rings. The van der Waals surface area contributed by atoms with Crippen molar-refractivity contribution >= 4 is 0 Å². The molecule has 0 N–H and O–H groups in total. The molecule has 2 heteroatoms. The summed E-state index contributed by atoms with van der Waals surface area (Å²) in [6.07, 6.45) is 2.57. The van der Waals surface area contributed by atoms with Crippen LogP contribution in [-0.4, -0.2) is 13.7 Å². The molecule has 108 valence electrons. The first kappa shape index (κ1) is 13.7. The number of rotatable bonds is 2. The monoisotopic (exact) mass is 272 g/mol. The predicted molar refractivity (Wildman–Crippen MR) is 80.8 cm³/mol. The highest BCUT2D eigenvalue weighted by Crippen LogP contribution is 2.50. The van der Waals surface area contributed by atoms with Crippen molar-refractivity contribution in [2.24, 2.45) is 23.7 Å². The van der Waals surface area contributed by atoms with Crippen molar-refractivity contribution < 1.29 is 9.47 Å². The molecule has 1 aromatic carbocycles. The number of hydrogen-bond donors (Lipinski definition) is 0. The largest absolute Gasteiger partial charge is 0.496 e. The molecule has 2 nitrogen and oxygen atoms in total. The van der Waals surface area contributed by atoms with Crippen LogP contribution >= 0.6 is 0 Å². The Kier molecular flexibility index (Phi) is 3.59. The first-order chi connectivity index (χ1) is 9.63. The fourth-order valence-electron chi connectivity index (χ4n) is 4.13. The summed E-state index contributed by atoms with van der Waals surface area (Å²) in [5, 5.41) is 0. The lowest BCUT2D eigenvalue weighted by molar-refractivity contribution is -0.0941. The van der Waals surface area contributed by atoms with Crippen LogP contribution in [0.3, 0.4) is 0 Å². The summed E-state index contributed by atoms with van der Waals surface area (Å²) in [6.45, 7) is 7.80. The summed E-state index contributed by atoms with van der Waals surface area (Å²) < 4.78 is 11.8. The maximum Gasteiger partial charge on any atom is 0.124 e. The molecule has 0 amide bonds. The molecule has 0 saturated carbocycles. The van der Waals surface area contributed by atoms with Crippen molar-refractivity contribution in [2.75, 3.05) is 13.7 Å². The van der Waals surface area contributed by atoms with Crippen molar-refractivity contribution in [3.8, 4) is 5.75 Å². The fourth-order valence-corrected chi connectivity index (χ4v) is 4.13. The SMILES string of the molecule is COc1ccccc1C1OCC2C(C)C=C(C)C1[C@@H]2C. The number of benzene rings is 1. The minimum atomic E-state index is 0.126. The standard InChI is InChI=1S/C18H24O2/c1-11-9-12(2)17-13(3)15(11)10-20-18(17)14-7-5-6-8-16(14)19-4/h5-9,11,13,15,17-18H,10H2,1-4H3/t11?,13-,15?,17?,18?/m1/s1. The summed E-state index contributed by atoms with van der Waals surface area (Å²) in [4.78, 5) is 0. The summed E-state index contributed by atoms with van der Waals surface area (Å²) >= 11 is 0. The van der Waals surface area contributed by atoms with Gasteiger partial charge in [0.2, 0.25) is 0 Å². The topological polar surface area (TPSA) is 18.5 Å². The van der Waals surface area contributed by atoms with Gasteiger partial charge in [-0.1, -0.05) is 43.7 Å². The summed E-state index contributed by atoms with van der Waals surface area (Å²) in [5.41, 5.74) is 2.66. The highest BCUT2D eigenvalue weighted by molar-refractivity contribution is 5.37. The van der Waals surface area contributed by atoms with Crippen LogP contribution in [-0.2, 0) is 4.74 Å². The zero-order chi connectivity index (χ0) is 14.3. The average molecular weight is 272 g/mol. The van der Waals surface area contributed by atoms with Gasteiger partial charge in [-0.05, 0) is 30.7 Å². The minimum absolute atomic E-state index is 0.126. The zero-order valence-electron chi connectivity index (χ0n) is 12.8. The van der Waals surface area contributed by atoms with Gasteiger partial charge in [-0.2, -0.15) is 0 Å². The van der Waals surface area contributed by atoms with Gasteiger partial charge in [0.15, 0.2) is 0 Å². The minimum Gasteiger partial charge on any atom is -0.496 e. The number of methoxy groups -OCH3 is 1. The van der Waals surface area contributed by atoms with Crippen molar-refractivity contribution in [1.82, 2.24) is 0 Å². The van der Waals surface area contributed by atoms with Crippen molar-refractivity contribution in [3.05, 3.63) is 41.5 Å². The smallest absolute Gasteiger partial charge is 0.124 e. The molecule has 1 aliphatic carbocycles. The Labute approximate surface area is 121 Å². The Morgan fingerprint density at radius 1 is 1.20 bits per heavy atom. The molecule has 3 rings (SSSR count). The molecular formula is C18H24O2. The number of fused-ring (bicyclic) bond motifs is 2. The number of para-hydroxylation sites is 1. The Morgan fingerprint density at radius 2 is 1.95 bits per heavy atom. The maximum atomic E-state index is 6.26. The normalized spacial score (nSPS) is 36.4. The summed E-state index contributed by atoms with van der Waals surface area (Å²) in [7, 11) is 1.74. The van der Waals surface area contributed by atoms with Crippen LogP contribution in [0.15, 0.2) is 35.9 Å². The van der Waals surface area contributed by atoms with E-state index in [0.29, 0.717) is 23.7 Å². The third kappa shape index (κ3) is 2.07. The molecule has 2 bridgehead atoms. The van der Waals surface area contributed by atoms with Crippen LogP contribution in [0.2, 0.25) is 0 Å². The summed E-state index contributed by atoms with van der Waals surface area (Å²) in [5.74, 6) is 3.35. The van der Waals surface area contributed by atoms with E-state index in [1.54, 1.807) is 7.11 Å². The van der Waals surface area contributed by atoms with E-state index >= 15 is 0 Å². The molecule has 1 aliphatic heterocycles. The molecule has 1 heterocycles. The highest BCUT2D eigenvalue weighted by atomic mass is 16.5. The Bertz CT molecular complexity index is 520. The third-order valence-electron chi connectivity index (χ3n) is 5.21. The molecule has 0 spiro atoms. The second-order valence-electron chi connectivity index (χ2n) is 6.31. The summed E-state index contributed by atoms with van der Waals surface area (Å²) in [6, 6.07) is 8.26. The number of ether oxygens (including phenoxy) is 2. The quantitative estimate of drug-likeness (QED) is 0.750. The van der Waals surface area contributed by atoms with Crippen molar-refractivity contribution in [3.63, 3.8) is 0 Å². The van der Waals surface area contributed by atoms with Crippen LogP contribution < -0.4 is 4.74 Å². The van der Waals surface area contributed by atoms with Crippen LogP contribution in [0.1, 0.15) is 32.4 Å². The van der Waals surface area contributed by atoms with Gasteiger partial charge in [0.25, 0.3) is 0 Å². The number of allylic oxidation sites excluding steroid dienone is 1. The van der Waals surface area contributed by atoms with Crippen LogP contribution in [0.5, 0.6) is 5.75 Å². The molecule has 0 radical (unpaired) electrons. The zero-order valence-corrected chi connectivity index (χ0v) is 12.8. The first-order valence-electron chi connectivity index (χ1n) is 7.56. The second kappa shape index (κ2) is 5.25. The van der Waals surface area contributed by atoms with Gasteiger partial charge in [0.1, 0.15) is 5.75 Å². The third-order valence-corrected chi connectivity index (χ3v) is 5.21. The van der Waals surface area contributed by atoms with E-state index in [0.717, 1.165) is 12.4 Å². The van der Waals surface area contributed by atoms with E-state index in [1.165, 1.54) is 11.1 Å². The molecule has 1 fully saturated rings. The van der Waals surface area contributed by atoms with Gasteiger partial charge in [0.05, 0.1) is 19.8 Å².